The standard InChI is InChI=1S/C15H13ClN4.C15H12ClN4.C3H5.2ClH.2Pd/c2*1-11-4-3-5-12(2)15(11)20-9-8-19(10-20)14-7-6-13(16)17-18-14;1-3-2;;;;/h3-9H,1-2H3;3-7,9H,1-2H3;3H,1-2H2;2*1H;;/q;-1;;;;2*+2/p-2. The molecule has 6 rings (SSSR count). The average Bonchev–Trinajstić information content (AvgIpc) is 3.76. The Morgan fingerprint density at radius 3 is 1.49 bits per heavy atom. The second kappa shape index (κ2) is 21.7. The maximum absolute atomic E-state index is 5.74. The number of anilines is 4. The molecule has 0 bridgehead atoms. The first-order chi connectivity index (χ1) is 22.7. The summed E-state index contributed by atoms with van der Waals surface area (Å²) in [5.41, 5.74) is 6.99. The molecule has 0 fully saturated rings. The first kappa shape index (κ1) is 40.9. The van der Waals surface area contributed by atoms with E-state index in [9.17, 15) is 0 Å². The van der Waals surface area contributed by atoms with Crippen LogP contribution in [0.15, 0.2) is 79.3 Å². The number of aryl methyl sites for hydroxylation is 4. The molecule has 0 N–H and O–H groups in total. The third kappa shape index (κ3) is 12.0. The molecule has 2 aromatic heterocycles. The topological polar surface area (TPSA) is 64.5 Å². The van der Waals surface area contributed by atoms with Crippen molar-refractivity contribution < 1.29 is 36.4 Å². The fourth-order valence-corrected chi connectivity index (χ4v) is 4.52. The monoisotopic (exact) mass is 890 g/mol. The summed E-state index contributed by atoms with van der Waals surface area (Å²) >= 11 is 15.9. The number of nitrogens with zero attached hydrogens (tertiary/aromatic N) is 8. The summed E-state index contributed by atoms with van der Waals surface area (Å²) in [6, 6.07) is 19.4. The Bertz CT molecular complexity index is 1420. The van der Waals surface area contributed by atoms with Crippen molar-refractivity contribution in [3.63, 3.8) is 0 Å². The van der Waals surface area contributed by atoms with Crippen LogP contribution in [0, 0.1) is 67.5 Å². The molecule has 0 saturated carbocycles. The van der Waals surface area contributed by atoms with Gasteiger partial charge in [0.1, 0.15) is 5.15 Å². The van der Waals surface area contributed by atoms with Crippen LogP contribution >= 0.6 is 42.3 Å². The van der Waals surface area contributed by atoms with Gasteiger partial charge in [0.2, 0.25) is 6.67 Å². The summed E-state index contributed by atoms with van der Waals surface area (Å²) in [5.74, 6) is 1.30. The van der Waals surface area contributed by atoms with E-state index < -0.39 is 0 Å². The third-order valence-corrected chi connectivity index (χ3v) is 6.58. The van der Waals surface area contributed by atoms with Gasteiger partial charge in [-0.05, 0) is 88.4 Å². The van der Waals surface area contributed by atoms with E-state index in [0.717, 1.165) is 11.4 Å². The van der Waals surface area contributed by atoms with Gasteiger partial charge in [-0.3, -0.25) is 4.90 Å². The molecule has 0 amide bonds. The van der Waals surface area contributed by atoms with Crippen molar-refractivity contribution in [3.05, 3.63) is 152 Å². The van der Waals surface area contributed by atoms with Gasteiger partial charge in [0.25, 0.3) is 0 Å². The van der Waals surface area contributed by atoms with Crippen molar-refractivity contribution in [2.45, 2.75) is 27.7 Å². The second-order valence-corrected chi connectivity index (χ2v) is 10.2. The second-order valence-electron chi connectivity index (χ2n) is 9.40. The van der Waals surface area contributed by atoms with Gasteiger partial charge in [-0.25, -0.2) is 5.10 Å². The van der Waals surface area contributed by atoms with Gasteiger partial charge in [0.15, 0.2) is 17.6 Å². The molecule has 0 aliphatic carbocycles. The molecular formula is C33H30Cl4N8Pd2+. The van der Waals surface area contributed by atoms with Crippen molar-refractivity contribution >= 4 is 65.3 Å². The number of halogens is 4. The van der Waals surface area contributed by atoms with Gasteiger partial charge in [-0.15, -0.1) is 16.4 Å². The first-order valence-corrected chi connectivity index (χ1v) is 18.2. The maximum atomic E-state index is 5.74. The molecule has 0 saturated heterocycles. The molecule has 2 aliphatic rings. The first-order valence-electron chi connectivity index (χ1n) is 13.4. The molecule has 2 aliphatic heterocycles. The molecule has 0 unspecified atom stereocenters. The van der Waals surface area contributed by atoms with E-state index in [4.69, 9.17) is 23.2 Å². The number of hydrogen-bond acceptors (Lipinski definition) is 8. The van der Waals surface area contributed by atoms with E-state index in [1.54, 1.807) is 34.1 Å². The molecule has 2 aromatic carbocycles. The zero-order valence-electron chi connectivity index (χ0n) is 25.7. The Morgan fingerprint density at radius 2 is 1.04 bits per heavy atom. The number of benzene rings is 2. The van der Waals surface area contributed by atoms with Crippen LogP contribution in [0.3, 0.4) is 0 Å². The molecule has 4 aromatic rings. The van der Waals surface area contributed by atoms with Crippen LogP contribution in [0.1, 0.15) is 22.3 Å². The zero-order valence-corrected chi connectivity index (χ0v) is 31.9. The van der Waals surface area contributed by atoms with E-state index in [0.29, 0.717) is 21.9 Å². The van der Waals surface area contributed by atoms with Crippen molar-refractivity contribution in [1.82, 2.24) is 20.4 Å². The molecular weight excluding hydrogens is 863 g/mol. The van der Waals surface area contributed by atoms with Gasteiger partial charge < -0.3 is 14.7 Å². The van der Waals surface area contributed by atoms with Gasteiger partial charge >= 0.3 is 55.4 Å². The summed E-state index contributed by atoms with van der Waals surface area (Å²) < 4.78 is 0. The van der Waals surface area contributed by atoms with E-state index in [1.165, 1.54) is 28.7 Å². The van der Waals surface area contributed by atoms with E-state index >= 15 is 0 Å². The van der Waals surface area contributed by atoms with E-state index in [2.05, 4.69) is 167 Å². The van der Waals surface area contributed by atoms with Crippen LogP contribution in [0.5, 0.6) is 0 Å². The Kier molecular flexibility index (Phi) is 18.9. The molecule has 14 heteroatoms. The van der Waals surface area contributed by atoms with Gasteiger partial charge in [-0.1, -0.05) is 71.9 Å². The Labute approximate surface area is 318 Å². The van der Waals surface area contributed by atoms with Crippen molar-refractivity contribution in [3.8, 4) is 0 Å². The van der Waals surface area contributed by atoms with Gasteiger partial charge in [0, 0.05) is 29.6 Å². The summed E-state index contributed by atoms with van der Waals surface area (Å²) in [5, 5.41) is 16.4. The SMILES string of the molecule is Cc1cccc(C)c1N1[C]N(c2ccc(Cl)nn2)C=C1.Cc1cccc(C)c1N1[C]N(c2ccc(Cl)nn2)[C-]=C1.[CH2][CH][CH2].[Cl][Pd+].[Cl][Pd+]. The quantitative estimate of drug-likeness (QED) is 0.149. The van der Waals surface area contributed by atoms with Crippen LogP contribution in [-0.4, -0.2) is 20.4 Å². The molecule has 4 heterocycles. The fourth-order valence-electron chi connectivity index (χ4n) is 4.32. The minimum absolute atomic E-state index is 0.364. The Morgan fingerprint density at radius 1 is 0.617 bits per heavy atom. The minimum atomic E-state index is 0.364. The zero-order chi connectivity index (χ0) is 34.9. The molecule has 47 heavy (non-hydrogen) atoms. The van der Waals surface area contributed by atoms with Crippen molar-refractivity contribution in [2.24, 2.45) is 0 Å². The van der Waals surface area contributed by atoms with Crippen LogP contribution in [0.4, 0.5) is 23.0 Å². The molecule has 8 nitrogen and oxygen atoms in total. The van der Waals surface area contributed by atoms with E-state index in [1.807, 2.05) is 34.5 Å². The fraction of sp³-hybridized carbons (Fsp3) is 0.121. The summed E-state index contributed by atoms with van der Waals surface area (Å²) in [6.45, 7) is 21.2. The summed E-state index contributed by atoms with van der Waals surface area (Å²) in [6.07, 6.45) is 10.2. The number of hydrogen-bond donors (Lipinski definition) is 0. The van der Waals surface area contributed by atoms with Gasteiger partial charge in [0.05, 0.1) is 0 Å². The number of para-hydroxylation sites is 2. The van der Waals surface area contributed by atoms with Crippen molar-refractivity contribution in [2.75, 3.05) is 19.6 Å². The van der Waals surface area contributed by atoms with Crippen LogP contribution in [0.25, 0.3) is 0 Å². The van der Waals surface area contributed by atoms with Gasteiger partial charge in [-0.2, -0.15) is 5.10 Å². The molecule has 7 radical (unpaired) electrons. The van der Waals surface area contributed by atoms with E-state index in [-0.39, 0.29) is 0 Å². The Balaban J connectivity index is 0.000000275. The van der Waals surface area contributed by atoms with Crippen molar-refractivity contribution in [1.29, 1.82) is 0 Å². The molecule has 249 valence electrons. The van der Waals surface area contributed by atoms with Crippen LogP contribution in [-0.2, 0) is 36.4 Å². The number of rotatable bonds is 4. The molecule has 0 spiro atoms. The average molecular weight is 893 g/mol. The molecule has 0 atom stereocenters. The third-order valence-electron chi connectivity index (χ3n) is 6.18. The number of aromatic nitrogens is 4. The van der Waals surface area contributed by atoms with Crippen LogP contribution < -0.4 is 19.6 Å². The normalized spacial score (nSPS) is 12.7. The summed E-state index contributed by atoms with van der Waals surface area (Å²) in [4.78, 5) is 7.31. The predicted octanol–water partition coefficient (Wildman–Crippen LogP) is 9.12. The predicted molar refractivity (Wildman–Crippen MR) is 186 cm³/mol. The summed E-state index contributed by atoms with van der Waals surface area (Å²) in [7, 11) is 8.98. The Hall–Kier alpha value is -2.24. The van der Waals surface area contributed by atoms with Crippen LogP contribution in [0.2, 0.25) is 10.3 Å².